The molecule has 2 unspecified atom stereocenters. The topological polar surface area (TPSA) is 66.5 Å². The summed E-state index contributed by atoms with van der Waals surface area (Å²) in [7, 11) is 0. The fourth-order valence-electron chi connectivity index (χ4n) is 2.60. The van der Waals surface area contributed by atoms with Gasteiger partial charge in [-0.1, -0.05) is 13.8 Å². The summed E-state index contributed by atoms with van der Waals surface area (Å²) in [6, 6.07) is 2.82. The molecule has 1 rings (SSSR count). The normalized spacial score (nSPS) is 15.9. The van der Waals surface area contributed by atoms with E-state index in [1.165, 1.54) is 0 Å². The Morgan fingerprint density at radius 1 is 1.30 bits per heavy atom. The van der Waals surface area contributed by atoms with Crippen molar-refractivity contribution in [1.29, 1.82) is 5.26 Å². The highest BCUT2D eigenvalue weighted by Gasteiger charge is 2.28. The van der Waals surface area contributed by atoms with E-state index in [0.717, 1.165) is 24.5 Å². The average Bonchev–Trinajstić information content (AvgIpc) is 2.81. The molecule has 5 heteroatoms. The maximum atomic E-state index is 9.45. The number of nitriles is 1. The fraction of sp³-hybridized carbons (Fsp3) is 0.800. The van der Waals surface area contributed by atoms with E-state index in [2.05, 4.69) is 56.1 Å². The van der Waals surface area contributed by atoms with Gasteiger partial charge in [-0.2, -0.15) is 10.4 Å². The summed E-state index contributed by atoms with van der Waals surface area (Å²) in [5.41, 5.74) is -0.545. The van der Waals surface area contributed by atoms with Gasteiger partial charge in [-0.05, 0) is 27.7 Å². The minimum absolute atomic E-state index is 0.147. The molecule has 1 aromatic heterocycles. The van der Waals surface area contributed by atoms with Gasteiger partial charge in [0.15, 0.2) is 5.82 Å². The minimum Gasteiger partial charge on any atom is -0.297 e. The van der Waals surface area contributed by atoms with Crippen LogP contribution >= 0.6 is 0 Å². The van der Waals surface area contributed by atoms with Gasteiger partial charge in [0.2, 0.25) is 0 Å². The number of nitrogens with one attached hydrogen (secondary N) is 1. The molecule has 0 aliphatic carbocycles. The van der Waals surface area contributed by atoms with Crippen molar-refractivity contribution in [3.8, 4) is 6.07 Å². The molecule has 20 heavy (non-hydrogen) atoms. The van der Waals surface area contributed by atoms with Crippen LogP contribution in [-0.4, -0.2) is 26.3 Å². The predicted molar refractivity (Wildman–Crippen MR) is 80.4 cm³/mol. The molecule has 0 aromatic carbocycles. The smallest absolute Gasteiger partial charge is 0.150 e. The first-order chi connectivity index (χ1) is 9.35. The standard InChI is InChI=1S/C15H27N5/c1-7-13-17-14(8-2)20(19-13)12(5)9-15(6,10-16)18-11(3)4/h11-12,18H,7-9H2,1-6H3. The lowest BCUT2D eigenvalue weighted by atomic mass is 9.94. The average molecular weight is 277 g/mol. The van der Waals surface area contributed by atoms with Crippen molar-refractivity contribution in [2.45, 2.75) is 78.4 Å². The molecule has 2 atom stereocenters. The van der Waals surface area contributed by atoms with Gasteiger partial charge in [-0.3, -0.25) is 5.32 Å². The molecule has 0 amide bonds. The van der Waals surface area contributed by atoms with Crippen molar-refractivity contribution >= 4 is 0 Å². The molecule has 1 heterocycles. The highest BCUT2D eigenvalue weighted by atomic mass is 15.4. The van der Waals surface area contributed by atoms with Gasteiger partial charge in [-0.25, -0.2) is 9.67 Å². The Morgan fingerprint density at radius 3 is 2.40 bits per heavy atom. The van der Waals surface area contributed by atoms with Crippen molar-refractivity contribution < 1.29 is 0 Å². The van der Waals surface area contributed by atoms with Gasteiger partial charge in [0.05, 0.1) is 12.1 Å². The van der Waals surface area contributed by atoms with E-state index in [4.69, 9.17) is 0 Å². The van der Waals surface area contributed by atoms with E-state index in [0.29, 0.717) is 6.42 Å². The molecule has 0 saturated heterocycles. The van der Waals surface area contributed by atoms with Crippen molar-refractivity contribution in [2.24, 2.45) is 0 Å². The summed E-state index contributed by atoms with van der Waals surface area (Å²) < 4.78 is 1.98. The van der Waals surface area contributed by atoms with Gasteiger partial charge in [0.1, 0.15) is 11.4 Å². The Kier molecular flexibility index (Phi) is 5.70. The minimum atomic E-state index is -0.545. The van der Waals surface area contributed by atoms with Crippen molar-refractivity contribution in [3.63, 3.8) is 0 Å². The molecule has 0 radical (unpaired) electrons. The largest absolute Gasteiger partial charge is 0.297 e. The predicted octanol–water partition coefficient (Wildman–Crippen LogP) is 2.63. The molecular formula is C15H27N5. The molecule has 5 nitrogen and oxygen atoms in total. The fourth-order valence-corrected chi connectivity index (χ4v) is 2.60. The molecule has 1 aromatic rings. The highest BCUT2D eigenvalue weighted by Crippen LogP contribution is 2.22. The third-order valence-electron chi connectivity index (χ3n) is 3.35. The Labute approximate surface area is 122 Å². The monoisotopic (exact) mass is 277 g/mol. The molecular weight excluding hydrogens is 250 g/mol. The molecule has 0 saturated carbocycles. The summed E-state index contributed by atoms with van der Waals surface area (Å²) in [6.07, 6.45) is 2.41. The van der Waals surface area contributed by atoms with Crippen molar-refractivity contribution in [3.05, 3.63) is 11.6 Å². The highest BCUT2D eigenvalue weighted by molar-refractivity contribution is 5.06. The van der Waals surface area contributed by atoms with Crippen LogP contribution in [0.2, 0.25) is 0 Å². The van der Waals surface area contributed by atoms with Gasteiger partial charge >= 0.3 is 0 Å². The lowest BCUT2D eigenvalue weighted by Gasteiger charge is -2.29. The van der Waals surface area contributed by atoms with Crippen LogP contribution in [0.3, 0.4) is 0 Å². The molecule has 0 fully saturated rings. The summed E-state index contributed by atoms with van der Waals surface area (Å²) in [4.78, 5) is 4.53. The van der Waals surface area contributed by atoms with Gasteiger partial charge in [-0.15, -0.1) is 0 Å². The maximum Gasteiger partial charge on any atom is 0.150 e. The first-order valence-corrected chi connectivity index (χ1v) is 7.48. The maximum absolute atomic E-state index is 9.45. The zero-order valence-corrected chi connectivity index (χ0v) is 13.6. The third kappa shape index (κ3) is 4.04. The van der Waals surface area contributed by atoms with Crippen LogP contribution in [0.15, 0.2) is 0 Å². The van der Waals surface area contributed by atoms with Gasteiger partial charge in [0, 0.05) is 25.3 Å². The Balaban J connectivity index is 2.92. The second-order valence-corrected chi connectivity index (χ2v) is 5.89. The summed E-state index contributed by atoms with van der Waals surface area (Å²) in [5, 5.41) is 17.4. The SMILES string of the molecule is CCc1nc(CC)n(C(C)CC(C)(C#N)NC(C)C)n1. The summed E-state index contributed by atoms with van der Waals surface area (Å²) in [6.45, 7) is 12.3. The quantitative estimate of drug-likeness (QED) is 0.832. The second kappa shape index (κ2) is 6.85. The van der Waals surface area contributed by atoms with Crippen LogP contribution < -0.4 is 5.32 Å². The molecule has 0 aliphatic rings. The van der Waals surface area contributed by atoms with E-state index in [-0.39, 0.29) is 12.1 Å². The van der Waals surface area contributed by atoms with E-state index in [9.17, 15) is 5.26 Å². The van der Waals surface area contributed by atoms with E-state index in [1.807, 2.05) is 11.6 Å². The number of aromatic nitrogens is 3. The van der Waals surface area contributed by atoms with E-state index < -0.39 is 5.54 Å². The van der Waals surface area contributed by atoms with Crippen LogP contribution in [0.4, 0.5) is 0 Å². The van der Waals surface area contributed by atoms with Crippen LogP contribution in [0.1, 0.15) is 65.7 Å². The lowest BCUT2D eigenvalue weighted by Crippen LogP contribution is -2.46. The van der Waals surface area contributed by atoms with Crippen LogP contribution in [0.25, 0.3) is 0 Å². The first-order valence-electron chi connectivity index (χ1n) is 7.48. The Bertz CT molecular complexity index is 471. The lowest BCUT2D eigenvalue weighted by molar-refractivity contribution is 0.310. The van der Waals surface area contributed by atoms with Gasteiger partial charge in [0.25, 0.3) is 0 Å². The first kappa shape index (κ1) is 16.6. The molecule has 0 spiro atoms. The third-order valence-corrected chi connectivity index (χ3v) is 3.35. The molecule has 0 bridgehead atoms. The number of hydrogen-bond acceptors (Lipinski definition) is 4. The molecule has 112 valence electrons. The zero-order chi connectivity index (χ0) is 15.3. The van der Waals surface area contributed by atoms with Gasteiger partial charge < -0.3 is 0 Å². The Morgan fingerprint density at radius 2 is 1.95 bits per heavy atom. The number of nitrogens with zero attached hydrogens (tertiary/aromatic N) is 4. The zero-order valence-electron chi connectivity index (χ0n) is 13.6. The summed E-state index contributed by atoms with van der Waals surface area (Å²) in [5.74, 6) is 1.88. The Hall–Kier alpha value is -1.41. The number of hydrogen-bond donors (Lipinski definition) is 1. The number of rotatable bonds is 7. The number of aryl methyl sites for hydroxylation is 2. The van der Waals surface area contributed by atoms with Crippen LogP contribution in [0, 0.1) is 11.3 Å². The van der Waals surface area contributed by atoms with Crippen LogP contribution in [0.5, 0.6) is 0 Å². The van der Waals surface area contributed by atoms with Crippen molar-refractivity contribution in [1.82, 2.24) is 20.1 Å². The van der Waals surface area contributed by atoms with E-state index in [1.54, 1.807) is 0 Å². The van der Waals surface area contributed by atoms with Crippen LogP contribution in [-0.2, 0) is 12.8 Å². The molecule has 0 aliphatic heterocycles. The van der Waals surface area contributed by atoms with E-state index >= 15 is 0 Å². The molecule has 1 N–H and O–H groups in total. The summed E-state index contributed by atoms with van der Waals surface area (Å²) >= 11 is 0. The van der Waals surface area contributed by atoms with Crippen molar-refractivity contribution in [2.75, 3.05) is 0 Å². The second-order valence-electron chi connectivity index (χ2n) is 5.89.